The van der Waals surface area contributed by atoms with E-state index in [-0.39, 0.29) is 0 Å². The summed E-state index contributed by atoms with van der Waals surface area (Å²) in [5, 5.41) is 8.10. The molecule has 1 aliphatic rings. The van der Waals surface area contributed by atoms with E-state index in [2.05, 4.69) is 32.0 Å². The molecule has 126 valence electrons. The highest BCUT2D eigenvalue weighted by atomic mass is 35.5. The molecule has 0 amide bonds. The van der Waals surface area contributed by atoms with Crippen molar-refractivity contribution in [3.8, 4) is 0 Å². The lowest BCUT2D eigenvalue weighted by molar-refractivity contribution is 0.177. The molecule has 3 heterocycles. The first-order valence-electron chi connectivity index (χ1n) is 8.20. The van der Waals surface area contributed by atoms with Crippen LogP contribution in [0.4, 0.5) is 0 Å². The molecule has 0 spiro atoms. The fraction of sp³-hybridized carbons (Fsp3) is 0.625. The van der Waals surface area contributed by atoms with E-state index in [1.165, 1.54) is 11.3 Å². The van der Waals surface area contributed by atoms with Crippen molar-refractivity contribution in [1.29, 1.82) is 0 Å². The highest BCUT2D eigenvalue weighted by molar-refractivity contribution is 6.30. The maximum atomic E-state index is 6.30. The van der Waals surface area contributed by atoms with Gasteiger partial charge in [0.05, 0.1) is 18.0 Å². The minimum atomic E-state index is 0.547. The van der Waals surface area contributed by atoms with E-state index in [0.29, 0.717) is 11.8 Å². The first kappa shape index (κ1) is 16.5. The van der Waals surface area contributed by atoms with Crippen LogP contribution in [0.1, 0.15) is 48.2 Å². The Labute approximate surface area is 141 Å². The van der Waals surface area contributed by atoms with Gasteiger partial charge in [0.25, 0.3) is 0 Å². The molecule has 0 radical (unpaired) electrons. The predicted octanol–water partition coefficient (Wildman–Crippen LogP) is 2.83. The second kappa shape index (κ2) is 7.47. The Balaban J connectivity index is 1.67. The van der Waals surface area contributed by atoms with Crippen molar-refractivity contribution >= 4 is 11.6 Å². The number of fused-ring (bicyclic) bond motifs is 1. The minimum absolute atomic E-state index is 0.547. The van der Waals surface area contributed by atoms with Crippen molar-refractivity contribution < 1.29 is 4.74 Å². The van der Waals surface area contributed by atoms with Crippen LogP contribution in [0.15, 0.2) is 0 Å². The molecule has 3 rings (SSSR count). The number of methoxy groups -OCH3 is 1. The number of aryl methyl sites for hydroxylation is 1. The number of H-pyrrole nitrogens is 2. The van der Waals surface area contributed by atoms with Crippen molar-refractivity contribution in [2.24, 2.45) is 0 Å². The van der Waals surface area contributed by atoms with E-state index < -0.39 is 0 Å². The van der Waals surface area contributed by atoms with E-state index in [0.717, 1.165) is 62.5 Å². The van der Waals surface area contributed by atoms with Gasteiger partial charge in [-0.15, -0.1) is 0 Å². The van der Waals surface area contributed by atoms with E-state index in [9.17, 15) is 0 Å². The van der Waals surface area contributed by atoms with Crippen molar-refractivity contribution in [3.05, 3.63) is 33.6 Å². The zero-order valence-electron chi connectivity index (χ0n) is 13.8. The number of hydrogen-bond acceptors (Lipinski definition) is 4. The highest BCUT2D eigenvalue weighted by Crippen LogP contribution is 2.24. The zero-order valence-corrected chi connectivity index (χ0v) is 14.5. The van der Waals surface area contributed by atoms with Crippen LogP contribution in [0.25, 0.3) is 0 Å². The summed E-state index contributed by atoms with van der Waals surface area (Å²) >= 11 is 6.30. The number of hydrogen-bond donors (Lipinski definition) is 2. The molecular weight excluding hydrogens is 314 g/mol. The van der Waals surface area contributed by atoms with Crippen molar-refractivity contribution in [2.75, 3.05) is 13.7 Å². The molecule has 2 N–H and O–H groups in total. The maximum Gasteiger partial charge on any atom is 0.151 e. The molecule has 6 nitrogen and oxygen atoms in total. The number of aromatic amines is 2. The molecule has 0 unspecified atom stereocenters. The number of unbranched alkanes of at least 4 members (excludes halogenated alkanes) is 1. The van der Waals surface area contributed by atoms with Crippen LogP contribution in [-0.4, -0.2) is 38.7 Å². The van der Waals surface area contributed by atoms with Crippen LogP contribution in [0.3, 0.4) is 0 Å². The number of nitrogens with zero attached hydrogens (tertiary/aromatic N) is 3. The maximum absolute atomic E-state index is 6.30. The molecule has 0 aliphatic carbocycles. The van der Waals surface area contributed by atoms with Gasteiger partial charge in [0.2, 0.25) is 0 Å². The van der Waals surface area contributed by atoms with Gasteiger partial charge in [0.1, 0.15) is 5.82 Å². The second-order valence-corrected chi connectivity index (χ2v) is 6.44. The predicted molar refractivity (Wildman–Crippen MR) is 89.3 cm³/mol. The summed E-state index contributed by atoms with van der Waals surface area (Å²) in [4.78, 5) is 10.2. The molecule has 1 aliphatic heterocycles. The topological polar surface area (TPSA) is 69.8 Å². The average molecular weight is 338 g/mol. The fourth-order valence-corrected chi connectivity index (χ4v) is 3.24. The Morgan fingerprint density at radius 1 is 1.39 bits per heavy atom. The molecule has 0 atom stereocenters. The van der Waals surface area contributed by atoms with Gasteiger partial charge in [-0.25, -0.2) is 4.98 Å². The minimum Gasteiger partial charge on any atom is -0.378 e. The summed E-state index contributed by atoms with van der Waals surface area (Å²) in [5.41, 5.74) is 4.51. The summed E-state index contributed by atoms with van der Waals surface area (Å²) < 4.78 is 5.23. The van der Waals surface area contributed by atoms with E-state index >= 15 is 0 Å². The number of nitrogens with one attached hydrogen (secondary N) is 2. The van der Waals surface area contributed by atoms with Gasteiger partial charge in [-0.3, -0.25) is 10.00 Å². The average Bonchev–Trinajstić information content (AvgIpc) is 3.10. The number of aromatic nitrogens is 4. The molecule has 0 saturated heterocycles. The number of halogens is 1. The van der Waals surface area contributed by atoms with Crippen LogP contribution in [0.2, 0.25) is 5.15 Å². The van der Waals surface area contributed by atoms with Crippen molar-refractivity contribution in [2.45, 2.75) is 52.3 Å². The van der Waals surface area contributed by atoms with Crippen LogP contribution in [0, 0.1) is 0 Å². The summed E-state index contributed by atoms with van der Waals surface area (Å²) in [6, 6.07) is 0. The Morgan fingerprint density at radius 3 is 3.04 bits per heavy atom. The normalized spacial score (nSPS) is 15.1. The molecule has 0 aromatic carbocycles. The Bertz CT molecular complexity index is 651. The summed E-state index contributed by atoms with van der Waals surface area (Å²) in [6.07, 6.45) is 4.22. The summed E-state index contributed by atoms with van der Waals surface area (Å²) in [6.45, 7) is 5.37. The van der Waals surface area contributed by atoms with Gasteiger partial charge in [-0.2, -0.15) is 5.10 Å². The fourth-order valence-electron chi connectivity index (χ4n) is 3.03. The third-order valence-electron chi connectivity index (χ3n) is 4.31. The molecule has 2 aromatic rings. The van der Waals surface area contributed by atoms with Crippen molar-refractivity contribution in [1.82, 2.24) is 25.1 Å². The largest absolute Gasteiger partial charge is 0.378 e. The lowest BCUT2D eigenvalue weighted by Crippen LogP contribution is -2.30. The van der Waals surface area contributed by atoms with Gasteiger partial charge in [-0.05, 0) is 6.42 Å². The van der Waals surface area contributed by atoms with Crippen LogP contribution < -0.4 is 0 Å². The van der Waals surface area contributed by atoms with E-state index in [1.54, 1.807) is 7.11 Å². The monoisotopic (exact) mass is 337 g/mol. The highest BCUT2D eigenvalue weighted by Gasteiger charge is 2.23. The van der Waals surface area contributed by atoms with Gasteiger partial charge >= 0.3 is 0 Å². The van der Waals surface area contributed by atoms with E-state index in [1.807, 2.05) is 0 Å². The van der Waals surface area contributed by atoms with Gasteiger partial charge in [-0.1, -0.05) is 24.9 Å². The van der Waals surface area contributed by atoms with Crippen molar-refractivity contribution in [3.63, 3.8) is 0 Å². The molecule has 2 aromatic heterocycles. The Morgan fingerprint density at radius 2 is 2.26 bits per heavy atom. The Kier molecular flexibility index (Phi) is 5.35. The third kappa shape index (κ3) is 3.76. The standard InChI is InChI=1S/C16H24ClN5O/c1-3-4-5-15-18-13(16(17)19-15)9-22-7-6-12-11(8-22)14(10-23-2)21-20-12/h3-10H2,1-2H3,(H,18,19)(H,20,21). The first-order chi connectivity index (χ1) is 11.2. The zero-order chi connectivity index (χ0) is 16.2. The lowest BCUT2D eigenvalue weighted by Gasteiger charge is -2.26. The number of imidazole rings is 1. The molecule has 23 heavy (non-hydrogen) atoms. The van der Waals surface area contributed by atoms with Gasteiger partial charge in [0.15, 0.2) is 5.15 Å². The second-order valence-electron chi connectivity index (χ2n) is 6.08. The molecule has 7 heteroatoms. The number of rotatable bonds is 7. The molecule has 0 bridgehead atoms. The summed E-state index contributed by atoms with van der Waals surface area (Å²) in [7, 11) is 1.70. The Hall–Kier alpha value is -1.37. The first-order valence-corrected chi connectivity index (χ1v) is 8.58. The number of ether oxygens (including phenoxy) is 1. The van der Waals surface area contributed by atoms with Crippen LogP contribution in [-0.2, 0) is 37.3 Å². The lowest BCUT2D eigenvalue weighted by atomic mass is 10.1. The van der Waals surface area contributed by atoms with E-state index in [4.69, 9.17) is 16.3 Å². The van der Waals surface area contributed by atoms with Crippen LogP contribution >= 0.6 is 11.6 Å². The SMILES string of the molecule is CCCCc1nc(Cl)c(CN2CCc3[nH]nc(COC)c3C2)[nH]1. The quantitative estimate of drug-likeness (QED) is 0.815. The smallest absolute Gasteiger partial charge is 0.151 e. The summed E-state index contributed by atoms with van der Waals surface area (Å²) in [5.74, 6) is 0.993. The molecular formula is C16H24ClN5O. The van der Waals surface area contributed by atoms with Crippen LogP contribution in [0.5, 0.6) is 0 Å². The molecule has 0 saturated carbocycles. The molecule has 0 fully saturated rings. The van der Waals surface area contributed by atoms with Gasteiger partial charge in [0, 0.05) is 50.8 Å². The van der Waals surface area contributed by atoms with Gasteiger partial charge < -0.3 is 9.72 Å². The third-order valence-corrected chi connectivity index (χ3v) is 4.62.